The van der Waals surface area contributed by atoms with Crippen LogP contribution < -0.4 is 10.0 Å². The van der Waals surface area contributed by atoms with Gasteiger partial charge in [-0.2, -0.15) is 0 Å². The molecular weight excluding hydrogens is 404 g/mol. The summed E-state index contributed by atoms with van der Waals surface area (Å²) in [6.07, 6.45) is 0. The van der Waals surface area contributed by atoms with Gasteiger partial charge in [0.15, 0.2) is 0 Å². The molecule has 150 valence electrons. The Hall–Kier alpha value is -2.61. The van der Waals surface area contributed by atoms with Gasteiger partial charge in [-0.3, -0.25) is 4.79 Å². The minimum Gasteiger partial charge on any atom is -0.351 e. The predicted octanol–water partition coefficient (Wildman–Crippen LogP) is 3.74. The van der Waals surface area contributed by atoms with Crippen LogP contribution in [0.15, 0.2) is 94.7 Å². The van der Waals surface area contributed by atoms with Gasteiger partial charge in [0.1, 0.15) is 5.25 Å². The van der Waals surface area contributed by atoms with Crippen LogP contribution in [-0.2, 0) is 21.4 Å². The Labute approximate surface area is 175 Å². The van der Waals surface area contributed by atoms with Crippen molar-refractivity contribution in [1.82, 2.24) is 10.0 Å². The molecule has 0 aliphatic heterocycles. The molecule has 2 N–H and O–H groups in total. The molecule has 0 fully saturated rings. The molecule has 3 aromatic carbocycles. The molecule has 0 saturated heterocycles. The number of sulfonamides is 1. The van der Waals surface area contributed by atoms with Gasteiger partial charge in [0, 0.05) is 11.4 Å². The largest absolute Gasteiger partial charge is 0.351 e. The van der Waals surface area contributed by atoms with Gasteiger partial charge < -0.3 is 5.32 Å². The maximum Gasteiger partial charge on any atom is 0.240 e. The highest BCUT2D eigenvalue weighted by molar-refractivity contribution is 8.00. The van der Waals surface area contributed by atoms with Gasteiger partial charge >= 0.3 is 0 Å². The van der Waals surface area contributed by atoms with Crippen LogP contribution in [0.3, 0.4) is 0 Å². The number of thioether (sulfide) groups is 1. The minimum absolute atomic E-state index is 0.100. The molecule has 0 saturated carbocycles. The zero-order valence-electron chi connectivity index (χ0n) is 15.9. The Morgan fingerprint density at radius 3 is 2.07 bits per heavy atom. The molecule has 1 atom stereocenters. The molecule has 0 spiro atoms. The average Bonchev–Trinajstić information content (AvgIpc) is 2.77. The Morgan fingerprint density at radius 1 is 0.897 bits per heavy atom. The summed E-state index contributed by atoms with van der Waals surface area (Å²) in [6, 6.07) is 25.9. The van der Waals surface area contributed by atoms with E-state index in [-0.39, 0.29) is 16.1 Å². The second-order valence-electron chi connectivity index (χ2n) is 6.29. The molecule has 1 amide bonds. The lowest BCUT2D eigenvalue weighted by molar-refractivity contribution is -0.120. The summed E-state index contributed by atoms with van der Waals surface area (Å²) >= 11 is 1.49. The quantitative estimate of drug-likeness (QED) is 0.538. The van der Waals surface area contributed by atoms with Crippen molar-refractivity contribution < 1.29 is 13.2 Å². The van der Waals surface area contributed by atoms with E-state index in [9.17, 15) is 13.2 Å². The van der Waals surface area contributed by atoms with Crippen molar-refractivity contribution in [3.8, 4) is 0 Å². The molecule has 0 heterocycles. The summed E-state index contributed by atoms with van der Waals surface area (Å²) in [5.41, 5.74) is 1.75. The number of rotatable bonds is 8. The fourth-order valence-corrected chi connectivity index (χ4v) is 4.52. The summed E-state index contributed by atoms with van der Waals surface area (Å²) in [7, 11) is -2.10. The second kappa shape index (κ2) is 9.73. The highest BCUT2D eigenvalue weighted by atomic mass is 32.2. The van der Waals surface area contributed by atoms with E-state index in [4.69, 9.17) is 0 Å². The first kappa shape index (κ1) is 21.1. The van der Waals surface area contributed by atoms with E-state index in [1.54, 1.807) is 12.1 Å². The fraction of sp³-hybridized carbons (Fsp3) is 0.136. The molecule has 7 heteroatoms. The van der Waals surface area contributed by atoms with Crippen LogP contribution in [0.2, 0.25) is 0 Å². The smallest absolute Gasteiger partial charge is 0.240 e. The van der Waals surface area contributed by atoms with Crippen LogP contribution in [0.5, 0.6) is 0 Å². The first-order valence-electron chi connectivity index (χ1n) is 9.06. The number of benzene rings is 3. The van der Waals surface area contributed by atoms with Gasteiger partial charge in [-0.25, -0.2) is 13.1 Å². The second-order valence-corrected chi connectivity index (χ2v) is 9.36. The van der Waals surface area contributed by atoms with Gasteiger partial charge in [-0.1, -0.05) is 60.7 Å². The Balaban J connectivity index is 1.71. The molecule has 29 heavy (non-hydrogen) atoms. The maximum atomic E-state index is 13.0. The molecule has 0 bridgehead atoms. The Bertz CT molecular complexity index is 1040. The molecule has 5 nitrogen and oxygen atoms in total. The topological polar surface area (TPSA) is 75.3 Å². The van der Waals surface area contributed by atoms with Crippen LogP contribution in [0.4, 0.5) is 0 Å². The molecule has 0 aliphatic carbocycles. The van der Waals surface area contributed by atoms with Crippen molar-refractivity contribution in [2.75, 3.05) is 7.05 Å². The van der Waals surface area contributed by atoms with Gasteiger partial charge in [0.2, 0.25) is 15.9 Å². The summed E-state index contributed by atoms with van der Waals surface area (Å²) in [5.74, 6) is -0.100. The molecule has 1 unspecified atom stereocenters. The summed E-state index contributed by atoms with van der Waals surface area (Å²) in [6.45, 7) is 0.317. The van der Waals surface area contributed by atoms with Crippen molar-refractivity contribution in [2.24, 2.45) is 0 Å². The maximum absolute atomic E-state index is 13.0. The van der Waals surface area contributed by atoms with E-state index in [1.165, 1.54) is 30.9 Å². The Kier molecular flexibility index (Phi) is 7.09. The van der Waals surface area contributed by atoms with Gasteiger partial charge in [-0.15, -0.1) is 11.8 Å². The van der Waals surface area contributed by atoms with Gasteiger partial charge in [0.05, 0.1) is 4.90 Å². The van der Waals surface area contributed by atoms with Crippen LogP contribution in [0.25, 0.3) is 0 Å². The monoisotopic (exact) mass is 426 g/mol. The van der Waals surface area contributed by atoms with Crippen molar-refractivity contribution in [2.45, 2.75) is 21.6 Å². The van der Waals surface area contributed by atoms with E-state index in [2.05, 4.69) is 10.0 Å². The molecule has 0 aromatic heterocycles. The lowest BCUT2D eigenvalue weighted by Crippen LogP contribution is -2.27. The van der Waals surface area contributed by atoms with E-state index in [0.717, 1.165) is 16.0 Å². The average molecular weight is 427 g/mol. The molecule has 0 radical (unpaired) electrons. The highest BCUT2D eigenvalue weighted by Crippen LogP contribution is 2.35. The molecule has 0 aliphatic rings. The van der Waals surface area contributed by atoms with E-state index >= 15 is 0 Å². The van der Waals surface area contributed by atoms with Crippen LogP contribution in [0.1, 0.15) is 16.4 Å². The van der Waals surface area contributed by atoms with Gasteiger partial charge in [0.25, 0.3) is 0 Å². The standard InChI is InChI=1S/C22H22N2O3S2/c1-23-29(26,27)20-14-12-17(13-15-20)16-24-22(25)21(18-8-4-2-5-9-18)28-19-10-6-3-7-11-19/h2-15,21,23H,16H2,1H3,(H,24,25). The molecule has 3 rings (SSSR count). The molecule has 3 aromatic rings. The Morgan fingerprint density at radius 2 is 1.48 bits per heavy atom. The summed E-state index contributed by atoms with van der Waals surface area (Å²) in [4.78, 5) is 14.2. The highest BCUT2D eigenvalue weighted by Gasteiger charge is 2.21. The van der Waals surface area contributed by atoms with Crippen molar-refractivity contribution >= 4 is 27.7 Å². The van der Waals surface area contributed by atoms with E-state index < -0.39 is 10.0 Å². The third-order valence-corrected chi connectivity index (χ3v) is 7.00. The van der Waals surface area contributed by atoms with E-state index in [0.29, 0.717) is 6.54 Å². The lowest BCUT2D eigenvalue weighted by atomic mass is 10.1. The summed E-state index contributed by atoms with van der Waals surface area (Å²) in [5, 5.41) is 2.58. The first-order valence-corrected chi connectivity index (χ1v) is 11.4. The number of amides is 1. The zero-order valence-corrected chi connectivity index (χ0v) is 17.5. The number of hydrogen-bond donors (Lipinski definition) is 2. The van der Waals surface area contributed by atoms with Crippen molar-refractivity contribution in [1.29, 1.82) is 0 Å². The number of hydrogen-bond acceptors (Lipinski definition) is 4. The van der Waals surface area contributed by atoms with Crippen LogP contribution >= 0.6 is 11.8 Å². The number of nitrogens with one attached hydrogen (secondary N) is 2. The normalized spacial score (nSPS) is 12.3. The third kappa shape index (κ3) is 5.69. The zero-order chi connectivity index (χ0) is 20.7. The van der Waals surface area contributed by atoms with Crippen molar-refractivity contribution in [3.05, 3.63) is 96.1 Å². The van der Waals surface area contributed by atoms with Gasteiger partial charge in [-0.05, 0) is 42.4 Å². The first-order chi connectivity index (χ1) is 14.0. The minimum atomic E-state index is -3.47. The summed E-state index contributed by atoms with van der Waals surface area (Å²) < 4.78 is 25.9. The third-order valence-electron chi connectivity index (χ3n) is 4.31. The number of carbonyl (C=O) groups excluding carboxylic acids is 1. The van der Waals surface area contributed by atoms with Crippen LogP contribution in [0, 0.1) is 0 Å². The lowest BCUT2D eigenvalue weighted by Gasteiger charge is -2.17. The van der Waals surface area contributed by atoms with Crippen LogP contribution in [-0.4, -0.2) is 21.4 Å². The fourth-order valence-electron chi connectivity index (χ4n) is 2.72. The molecular formula is C22H22N2O3S2. The predicted molar refractivity (Wildman–Crippen MR) is 116 cm³/mol. The number of carbonyl (C=O) groups is 1. The van der Waals surface area contributed by atoms with E-state index in [1.807, 2.05) is 60.7 Å². The SMILES string of the molecule is CNS(=O)(=O)c1ccc(CNC(=O)C(Sc2ccccc2)c2ccccc2)cc1. The van der Waals surface area contributed by atoms with Crippen molar-refractivity contribution in [3.63, 3.8) is 0 Å².